The minimum absolute atomic E-state index is 0.535. The summed E-state index contributed by atoms with van der Waals surface area (Å²) in [7, 11) is 0. The van der Waals surface area contributed by atoms with Crippen molar-refractivity contribution in [1.82, 2.24) is 15.0 Å². The smallest absolute Gasteiger partial charge is 0.167 e. The summed E-state index contributed by atoms with van der Waals surface area (Å²) in [6.07, 6.45) is 0. The van der Waals surface area contributed by atoms with Gasteiger partial charge in [-0.1, -0.05) is 133 Å². The van der Waals surface area contributed by atoms with Crippen LogP contribution in [0.3, 0.4) is 0 Å². The highest BCUT2D eigenvalue weighted by atomic mass is 16.3. The van der Waals surface area contributed by atoms with Crippen LogP contribution in [-0.4, -0.2) is 15.0 Å². The number of furan rings is 2. The Morgan fingerprint density at radius 2 is 0.930 bits per heavy atom. The SMILES string of the molecule is c1ccc(-c2ccc(N(c3ccccc3)c3cccc4oc5cc(-c6nc(-c7ccccc7)nc(-c7cccc8c7oc7ccccc78)n6)ccc5c34)cc2)cc1. The largest absolute Gasteiger partial charge is 0.456 e. The first-order chi connectivity index (χ1) is 28.2. The lowest BCUT2D eigenvalue weighted by Crippen LogP contribution is -2.10. The number of rotatable bonds is 7. The summed E-state index contributed by atoms with van der Waals surface area (Å²) in [4.78, 5) is 17.4. The first kappa shape index (κ1) is 32.6. The molecule has 3 heterocycles. The quantitative estimate of drug-likeness (QED) is 0.162. The van der Waals surface area contributed by atoms with Gasteiger partial charge in [-0.15, -0.1) is 0 Å². The second-order valence-corrected chi connectivity index (χ2v) is 14.0. The average Bonchev–Trinajstić information content (AvgIpc) is 3.86. The molecule has 3 aromatic heterocycles. The third kappa shape index (κ3) is 5.70. The highest BCUT2D eigenvalue weighted by molar-refractivity contribution is 6.14. The fraction of sp³-hybridized carbons (Fsp3) is 0. The molecule has 6 heteroatoms. The lowest BCUT2D eigenvalue weighted by molar-refractivity contribution is 0.668. The number of para-hydroxylation sites is 3. The molecule has 0 aliphatic rings. The minimum atomic E-state index is 0.535. The molecule has 0 saturated heterocycles. The molecule has 11 aromatic rings. The number of hydrogen-bond donors (Lipinski definition) is 0. The van der Waals surface area contributed by atoms with Crippen LogP contribution < -0.4 is 4.90 Å². The Bertz CT molecular complexity index is 3230. The van der Waals surface area contributed by atoms with Gasteiger partial charge in [0.05, 0.1) is 16.6 Å². The topological polar surface area (TPSA) is 68.2 Å². The molecule has 0 aliphatic heterocycles. The minimum Gasteiger partial charge on any atom is -0.456 e. The summed E-state index contributed by atoms with van der Waals surface area (Å²) in [6.45, 7) is 0. The van der Waals surface area contributed by atoms with E-state index in [2.05, 4.69) is 114 Å². The normalized spacial score (nSPS) is 11.5. The second kappa shape index (κ2) is 13.5. The lowest BCUT2D eigenvalue weighted by Gasteiger charge is -2.26. The van der Waals surface area contributed by atoms with Crippen LogP contribution in [0, 0.1) is 0 Å². The van der Waals surface area contributed by atoms with Crippen LogP contribution >= 0.6 is 0 Å². The highest BCUT2D eigenvalue weighted by Gasteiger charge is 2.22. The summed E-state index contributed by atoms with van der Waals surface area (Å²) in [5.74, 6) is 1.65. The molecule has 0 amide bonds. The monoisotopic (exact) mass is 732 g/mol. The van der Waals surface area contributed by atoms with Gasteiger partial charge in [-0.25, -0.2) is 15.0 Å². The number of fused-ring (bicyclic) bond motifs is 6. The Morgan fingerprint density at radius 3 is 1.72 bits per heavy atom. The predicted molar refractivity (Wildman–Crippen MR) is 231 cm³/mol. The van der Waals surface area contributed by atoms with Crippen LogP contribution in [0.25, 0.3) is 89.2 Å². The predicted octanol–water partition coefficient (Wildman–Crippen LogP) is 13.8. The molecule has 0 bridgehead atoms. The molecule has 0 fully saturated rings. The highest BCUT2D eigenvalue weighted by Crippen LogP contribution is 2.44. The zero-order valence-corrected chi connectivity index (χ0v) is 30.6. The Balaban J connectivity index is 1.06. The standard InChI is InChI=1S/C51H32N4O2/c1-4-14-33(15-5-1)34-26-29-38(30-27-34)55(37-18-8-3-9-19-37)43-23-13-25-45-47(43)41-31-28-36(32-46(41)56-45)50-52-49(35-16-6-2-7-17-35)53-51(54-50)42-22-12-21-40-39-20-10-11-24-44(39)57-48(40)42/h1-32H. The maximum atomic E-state index is 6.66. The Labute approximate surface area is 328 Å². The van der Waals surface area contributed by atoms with Gasteiger partial charge in [-0.05, 0) is 71.8 Å². The van der Waals surface area contributed by atoms with Crippen LogP contribution in [0.15, 0.2) is 203 Å². The van der Waals surface area contributed by atoms with Gasteiger partial charge >= 0.3 is 0 Å². The van der Waals surface area contributed by atoms with Gasteiger partial charge < -0.3 is 13.7 Å². The lowest BCUT2D eigenvalue weighted by atomic mass is 10.0. The summed E-state index contributed by atoms with van der Waals surface area (Å²) >= 11 is 0. The Kier molecular flexibility index (Phi) is 7.71. The molecule has 11 rings (SSSR count). The van der Waals surface area contributed by atoms with Gasteiger partial charge in [0.25, 0.3) is 0 Å². The molecule has 0 aliphatic carbocycles. The zero-order chi connectivity index (χ0) is 37.7. The van der Waals surface area contributed by atoms with Crippen molar-refractivity contribution < 1.29 is 8.83 Å². The van der Waals surface area contributed by atoms with E-state index in [0.29, 0.717) is 17.5 Å². The van der Waals surface area contributed by atoms with Crippen LogP contribution in [0.1, 0.15) is 0 Å². The number of anilines is 3. The number of nitrogens with zero attached hydrogens (tertiary/aromatic N) is 4. The first-order valence-electron chi connectivity index (χ1n) is 18.9. The summed E-state index contributed by atoms with van der Waals surface area (Å²) in [5, 5.41) is 4.09. The van der Waals surface area contributed by atoms with E-state index in [1.54, 1.807) is 0 Å². The maximum absolute atomic E-state index is 6.66. The van der Waals surface area contributed by atoms with E-state index in [0.717, 1.165) is 83.2 Å². The molecular weight excluding hydrogens is 701 g/mol. The second-order valence-electron chi connectivity index (χ2n) is 14.0. The molecule has 8 aromatic carbocycles. The van der Waals surface area contributed by atoms with Crippen LogP contribution in [0.4, 0.5) is 17.1 Å². The number of hydrogen-bond acceptors (Lipinski definition) is 6. The molecule has 268 valence electrons. The van der Waals surface area contributed by atoms with Crippen molar-refractivity contribution in [2.45, 2.75) is 0 Å². The summed E-state index contributed by atoms with van der Waals surface area (Å²) < 4.78 is 13.1. The number of benzene rings is 8. The molecule has 57 heavy (non-hydrogen) atoms. The van der Waals surface area contributed by atoms with Crippen molar-refractivity contribution >= 4 is 60.9 Å². The van der Waals surface area contributed by atoms with Crippen LogP contribution in [0.2, 0.25) is 0 Å². The zero-order valence-electron chi connectivity index (χ0n) is 30.6. The average molecular weight is 733 g/mol. The third-order valence-electron chi connectivity index (χ3n) is 10.5. The van der Waals surface area contributed by atoms with E-state index >= 15 is 0 Å². The van der Waals surface area contributed by atoms with E-state index in [1.807, 2.05) is 84.9 Å². The fourth-order valence-corrected chi connectivity index (χ4v) is 7.84. The van der Waals surface area contributed by atoms with Gasteiger partial charge in [0, 0.05) is 38.7 Å². The first-order valence-corrected chi connectivity index (χ1v) is 18.9. The Hall–Kier alpha value is -7.83. The molecule has 0 N–H and O–H groups in total. The molecule has 0 saturated carbocycles. The molecule has 0 radical (unpaired) electrons. The Morgan fingerprint density at radius 1 is 0.351 bits per heavy atom. The maximum Gasteiger partial charge on any atom is 0.167 e. The van der Waals surface area contributed by atoms with Crippen molar-refractivity contribution in [3.8, 4) is 45.3 Å². The van der Waals surface area contributed by atoms with Gasteiger partial charge in [0.2, 0.25) is 0 Å². The van der Waals surface area contributed by atoms with Gasteiger partial charge in [0.1, 0.15) is 22.3 Å². The van der Waals surface area contributed by atoms with E-state index in [4.69, 9.17) is 23.8 Å². The molecule has 0 spiro atoms. The molecule has 6 nitrogen and oxygen atoms in total. The van der Waals surface area contributed by atoms with Crippen LogP contribution in [-0.2, 0) is 0 Å². The molecular formula is C51H32N4O2. The van der Waals surface area contributed by atoms with Crippen molar-refractivity contribution in [1.29, 1.82) is 0 Å². The van der Waals surface area contributed by atoms with Crippen molar-refractivity contribution in [3.05, 3.63) is 194 Å². The van der Waals surface area contributed by atoms with E-state index in [-0.39, 0.29) is 0 Å². The van der Waals surface area contributed by atoms with E-state index in [1.165, 1.54) is 5.56 Å². The summed E-state index contributed by atoms with van der Waals surface area (Å²) in [6, 6.07) is 66.3. The van der Waals surface area contributed by atoms with Crippen molar-refractivity contribution in [2.75, 3.05) is 4.90 Å². The van der Waals surface area contributed by atoms with Crippen molar-refractivity contribution in [2.24, 2.45) is 0 Å². The van der Waals surface area contributed by atoms with E-state index in [9.17, 15) is 0 Å². The fourth-order valence-electron chi connectivity index (χ4n) is 7.84. The number of aromatic nitrogens is 3. The third-order valence-corrected chi connectivity index (χ3v) is 10.5. The van der Waals surface area contributed by atoms with Crippen molar-refractivity contribution in [3.63, 3.8) is 0 Å². The van der Waals surface area contributed by atoms with E-state index < -0.39 is 0 Å². The van der Waals surface area contributed by atoms with Gasteiger partial charge in [-0.3, -0.25) is 0 Å². The van der Waals surface area contributed by atoms with Gasteiger partial charge in [0.15, 0.2) is 17.5 Å². The van der Waals surface area contributed by atoms with Crippen LogP contribution in [0.5, 0.6) is 0 Å². The van der Waals surface area contributed by atoms with Gasteiger partial charge in [-0.2, -0.15) is 0 Å². The summed E-state index contributed by atoms with van der Waals surface area (Å²) in [5.41, 5.74) is 11.1. The molecule has 0 unspecified atom stereocenters. The molecule has 0 atom stereocenters.